The third kappa shape index (κ3) is 4.16. The smallest absolute Gasteiger partial charge is 0.314 e. The zero-order chi connectivity index (χ0) is 19.4. The van der Waals surface area contributed by atoms with Crippen LogP contribution in [0.1, 0.15) is 44.1 Å². The number of aryl methyl sites for hydroxylation is 2. The Hall–Kier alpha value is -2.97. The van der Waals surface area contributed by atoms with E-state index >= 15 is 0 Å². The van der Waals surface area contributed by atoms with Crippen LogP contribution in [0, 0.1) is 13.8 Å². The van der Waals surface area contributed by atoms with E-state index in [9.17, 15) is 14.4 Å². The van der Waals surface area contributed by atoms with Crippen LogP contribution >= 0.6 is 0 Å². The molecule has 3 N–H and O–H groups in total. The topological polar surface area (TPSA) is 122 Å². The normalized spacial score (nSPS) is 11.9. The first-order chi connectivity index (χ1) is 12.3. The first-order valence-corrected chi connectivity index (χ1v) is 8.55. The summed E-state index contributed by atoms with van der Waals surface area (Å²) in [5.74, 6) is -1.12. The molecule has 26 heavy (non-hydrogen) atoms. The number of hydrogen-bond donors (Lipinski definition) is 3. The van der Waals surface area contributed by atoms with Gasteiger partial charge < -0.3 is 10.6 Å². The lowest BCUT2D eigenvalue weighted by Gasteiger charge is -2.12. The molecule has 0 aliphatic rings. The van der Waals surface area contributed by atoms with Gasteiger partial charge in [0.2, 0.25) is 5.95 Å². The second kappa shape index (κ2) is 7.94. The van der Waals surface area contributed by atoms with E-state index in [1.54, 1.807) is 19.9 Å². The Kier molecular flexibility index (Phi) is 5.91. The largest absolute Gasteiger partial charge is 0.345 e. The van der Waals surface area contributed by atoms with Gasteiger partial charge in [0.25, 0.3) is 5.56 Å². The molecule has 2 aromatic rings. The number of amides is 2. The molecule has 0 spiro atoms. The standard InChI is InChI=1S/C17H24N6O3/c1-6-9(3)18-15(25)16(26)20-13-8-10(4)22-23(13)17-19-11(5)12(7-2)14(24)21-17/h8-9H,6-7H2,1-5H3,(H,18,25)(H,20,26)(H,19,21,24). The minimum atomic E-state index is -0.810. The quantitative estimate of drug-likeness (QED) is 0.686. The van der Waals surface area contributed by atoms with Crippen molar-refractivity contribution in [2.75, 3.05) is 5.32 Å². The second-order valence-electron chi connectivity index (χ2n) is 6.13. The number of nitrogens with zero attached hydrogens (tertiary/aromatic N) is 3. The van der Waals surface area contributed by atoms with Crippen molar-refractivity contribution in [2.45, 2.75) is 53.5 Å². The summed E-state index contributed by atoms with van der Waals surface area (Å²) in [6.45, 7) is 9.07. The Labute approximate surface area is 151 Å². The van der Waals surface area contributed by atoms with Gasteiger partial charge in [-0.15, -0.1) is 0 Å². The van der Waals surface area contributed by atoms with E-state index in [1.807, 2.05) is 20.8 Å². The number of rotatable bonds is 5. The highest BCUT2D eigenvalue weighted by Crippen LogP contribution is 2.14. The molecular formula is C17H24N6O3. The lowest BCUT2D eigenvalue weighted by atomic mass is 10.2. The van der Waals surface area contributed by atoms with Gasteiger partial charge in [0.05, 0.1) is 5.69 Å². The first kappa shape index (κ1) is 19.4. The van der Waals surface area contributed by atoms with Gasteiger partial charge in [-0.3, -0.25) is 19.4 Å². The van der Waals surface area contributed by atoms with E-state index in [4.69, 9.17) is 0 Å². The van der Waals surface area contributed by atoms with Gasteiger partial charge in [0, 0.05) is 23.4 Å². The predicted molar refractivity (Wildman–Crippen MR) is 97.4 cm³/mol. The molecular weight excluding hydrogens is 336 g/mol. The van der Waals surface area contributed by atoms with Gasteiger partial charge in [0.15, 0.2) is 0 Å². The summed E-state index contributed by atoms with van der Waals surface area (Å²) in [5.41, 5.74) is 1.53. The molecule has 0 aliphatic heterocycles. The molecule has 0 aromatic carbocycles. The summed E-state index contributed by atoms with van der Waals surface area (Å²) in [4.78, 5) is 43.3. The number of carbonyl (C=O) groups is 2. The van der Waals surface area contributed by atoms with Gasteiger partial charge in [0.1, 0.15) is 5.82 Å². The van der Waals surface area contributed by atoms with Crippen LogP contribution in [-0.4, -0.2) is 37.6 Å². The maximum Gasteiger partial charge on any atom is 0.314 e. The van der Waals surface area contributed by atoms with E-state index in [2.05, 4.69) is 25.7 Å². The fraction of sp³-hybridized carbons (Fsp3) is 0.471. The Balaban J connectivity index is 2.33. The lowest BCUT2D eigenvalue weighted by molar-refractivity contribution is -0.136. The van der Waals surface area contributed by atoms with Crippen molar-refractivity contribution in [1.82, 2.24) is 25.1 Å². The molecule has 1 atom stereocenters. The minimum absolute atomic E-state index is 0.109. The average Bonchev–Trinajstić information content (AvgIpc) is 2.94. The van der Waals surface area contributed by atoms with Crippen molar-refractivity contribution in [3.05, 3.63) is 33.4 Å². The molecule has 0 saturated heterocycles. The van der Waals surface area contributed by atoms with Crippen molar-refractivity contribution >= 4 is 17.6 Å². The molecule has 0 bridgehead atoms. The fourth-order valence-electron chi connectivity index (χ4n) is 2.43. The van der Waals surface area contributed by atoms with Crippen LogP contribution in [-0.2, 0) is 16.0 Å². The Morgan fingerprint density at radius 2 is 1.96 bits per heavy atom. The van der Waals surface area contributed by atoms with Gasteiger partial charge in [-0.1, -0.05) is 13.8 Å². The SMILES string of the molecule is CCc1c(C)nc(-n2nc(C)cc2NC(=O)C(=O)NC(C)CC)[nH]c1=O. The van der Waals surface area contributed by atoms with E-state index in [-0.39, 0.29) is 23.4 Å². The van der Waals surface area contributed by atoms with Gasteiger partial charge >= 0.3 is 11.8 Å². The van der Waals surface area contributed by atoms with Crippen molar-refractivity contribution in [3.8, 4) is 5.95 Å². The van der Waals surface area contributed by atoms with Crippen molar-refractivity contribution in [2.24, 2.45) is 0 Å². The van der Waals surface area contributed by atoms with Crippen LogP contribution in [0.2, 0.25) is 0 Å². The highest BCUT2D eigenvalue weighted by Gasteiger charge is 2.19. The third-order valence-electron chi connectivity index (χ3n) is 4.03. The maximum absolute atomic E-state index is 12.2. The monoisotopic (exact) mass is 360 g/mol. The summed E-state index contributed by atoms with van der Waals surface area (Å²) in [6.07, 6.45) is 1.27. The molecule has 140 valence electrons. The highest BCUT2D eigenvalue weighted by molar-refractivity contribution is 6.39. The molecule has 9 nitrogen and oxygen atoms in total. The molecule has 9 heteroatoms. The van der Waals surface area contributed by atoms with E-state index in [0.717, 1.165) is 0 Å². The number of anilines is 1. The Morgan fingerprint density at radius 3 is 2.54 bits per heavy atom. The number of hydrogen-bond acceptors (Lipinski definition) is 5. The Morgan fingerprint density at radius 1 is 1.27 bits per heavy atom. The predicted octanol–water partition coefficient (Wildman–Crippen LogP) is 0.988. The van der Waals surface area contributed by atoms with E-state index in [1.165, 1.54) is 4.68 Å². The van der Waals surface area contributed by atoms with Crippen LogP contribution in [0.3, 0.4) is 0 Å². The second-order valence-corrected chi connectivity index (χ2v) is 6.13. The molecule has 2 amide bonds. The summed E-state index contributed by atoms with van der Waals surface area (Å²) < 4.78 is 1.30. The lowest BCUT2D eigenvalue weighted by Crippen LogP contribution is -2.40. The number of nitrogens with one attached hydrogen (secondary N) is 3. The molecule has 2 heterocycles. The van der Waals surface area contributed by atoms with Crippen LogP contribution < -0.4 is 16.2 Å². The third-order valence-corrected chi connectivity index (χ3v) is 4.03. The van der Waals surface area contributed by atoms with Gasteiger partial charge in [-0.05, 0) is 33.6 Å². The summed E-state index contributed by atoms with van der Waals surface area (Å²) in [7, 11) is 0. The van der Waals surface area contributed by atoms with Crippen LogP contribution in [0.25, 0.3) is 5.95 Å². The van der Waals surface area contributed by atoms with E-state index < -0.39 is 11.8 Å². The van der Waals surface area contributed by atoms with Crippen molar-refractivity contribution in [1.29, 1.82) is 0 Å². The fourth-order valence-corrected chi connectivity index (χ4v) is 2.43. The van der Waals surface area contributed by atoms with Crippen molar-refractivity contribution < 1.29 is 9.59 Å². The number of aromatic nitrogens is 4. The average molecular weight is 360 g/mol. The minimum Gasteiger partial charge on any atom is -0.345 e. The summed E-state index contributed by atoms with van der Waals surface area (Å²) in [6, 6.07) is 1.49. The number of H-pyrrole nitrogens is 1. The maximum atomic E-state index is 12.2. The highest BCUT2D eigenvalue weighted by atomic mass is 16.2. The molecule has 2 rings (SSSR count). The summed E-state index contributed by atoms with van der Waals surface area (Å²) in [5, 5.41) is 9.35. The van der Waals surface area contributed by atoms with Gasteiger partial charge in [-0.2, -0.15) is 9.78 Å². The molecule has 0 fully saturated rings. The molecule has 0 saturated carbocycles. The molecule has 0 radical (unpaired) electrons. The number of aromatic amines is 1. The summed E-state index contributed by atoms with van der Waals surface area (Å²) >= 11 is 0. The van der Waals surface area contributed by atoms with Crippen LogP contribution in [0.15, 0.2) is 10.9 Å². The van der Waals surface area contributed by atoms with Crippen molar-refractivity contribution in [3.63, 3.8) is 0 Å². The number of carbonyl (C=O) groups excluding carboxylic acids is 2. The van der Waals surface area contributed by atoms with E-state index in [0.29, 0.717) is 29.8 Å². The first-order valence-electron chi connectivity index (χ1n) is 8.55. The molecule has 1 unspecified atom stereocenters. The zero-order valence-corrected chi connectivity index (χ0v) is 15.6. The molecule has 0 aliphatic carbocycles. The van der Waals surface area contributed by atoms with Crippen LogP contribution in [0.4, 0.5) is 5.82 Å². The zero-order valence-electron chi connectivity index (χ0n) is 15.6. The Bertz CT molecular complexity index is 883. The van der Waals surface area contributed by atoms with Gasteiger partial charge in [-0.25, -0.2) is 4.98 Å². The van der Waals surface area contributed by atoms with Crippen LogP contribution in [0.5, 0.6) is 0 Å². The molecule has 2 aromatic heterocycles.